The monoisotopic (exact) mass is 291 g/mol. The van der Waals surface area contributed by atoms with Crippen LogP contribution in [0.5, 0.6) is 0 Å². The van der Waals surface area contributed by atoms with Crippen molar-refractivity contribution in [2.75, 3.05) is 11.5 Å². The third kappa shape index (κ3) is 2.48. The summed E-state index contributed by atoms with van der Waals surface area (Å²) in [6.07, 6.45) is 0. The molecule has 8 heteroatoms. The minimum absolute atomic E-state index is 0.0143. The predicted octanol–water partition coefficient (Wildman–Crippen LogP) is 0.574. The summed E-state index contributed by atoms with van der Waals surface area (Å²) in [7, 11) is -3.50. The standard InChI is InChI=1S/C12H13N5O2S/c1-2-20(18,19)12-11(14)17(16-15-12)8-10-6-4-3-5-9(10)7-13/h3-6H,2,8,14H2,1H3. The number of benzene rings is 1. The van der Waals surface area contributed by atoms with Crippen molar-refractivity contribution >= 4 is 15.7 Å². The number of anilines is 1. The normalized spacial score (nSPS) is 11.2. The van der Waals surface area contributed by atoms with Gasteiger partial charge in [-0.2, -0.15) is 5.26 Å². The van der Waals surface area contributed by atoms with Gasteiger partial charge in [0.15, 0.2) is 5.82 Å². The summed E-state index contributed by atoms with van der Waals surface area (Å²) in [6, 6.07) is 9.03. The molecule has 7 nitrogen and oxygen atoms in total. The van der Waals surface area contributed by atoms with Crippen LogP contribution in [0.1, 0.15) is 18.1 Å². The van der Waals surface area contributed by atoms with Gasteiger partial charge in [-0.15, -0.1) is 5.10 Å². The molecule has 0 aliphatic heterocycles. The summed E-state index contributed by atoms with van der Waals surface area (Å²) in [5.41, 5.74) is 6.97. The fourth-order valence-corrected chi connectivity index (χ4v) is 2.57. The maximum absolute atomic E-state index is 11.8. The first kappa shape index (κ1) is 14.0. The Kier molecular flexibility index (Phi) is 3.72. The highest BCUT2D eigenvalue weighted by atomic mass is 32.2. The molecule has 0 aliphatic carbocycles. The minimum Gasteiger partial charge on any atom is -0.381 e. The van der Waals surface area contributed by atoms with Crippen molar-refractivity contribution in [1.82, 2.24) is 15.0 Å². The van der Waals surface area contributed by atoms with E-state index in [1.54, 1.807) is 24.3 Å². The van der Waals surface area contributed by atoms with E-state index in [0.29, 0.717) is 11.1 Å². The molecule has 1 aromatic carbocycles. The summed E-state index contributed by atoms with van der Waals surface area (Å²) < 4.78 is 24.8. The largest absolute Gasteiger partial charge is 0.381 e. The molecule has 0 saturated carbocycles. The van der Waals surface area contributed by atoms with Crippen LogP contribution in [-0.2, 0) is 16.4 Å². The Bertz CT molecular complexity index is 773. The number of sulfone groups is 1. The van der Waals surface area contributed by atoms with Gasteiger partial charge in [-0.25, -0.2) is 13.1 Å². The quantitative estimate of drug-likeness (QED) is 0.880. The first-order chi connectivity index (χ1) is 9.49. The number of hydrogen-bond acceptors (Lipinski definition) is 6. The third-order valence-corrected chi connectivity index (χ3v) is 4.51. The molecule has 2 aromatic rings. The van der Waals surface area contributed by atoms with Gasteiger partial charge < -0.3 is 5.73 Å². The molecule has 1 heterocycles. The summed E-state index contributed by atoms with van der Waals surface area (Å²) in [5, 5.41) is 16.2. The number of rotatable bonds is 4. The summed E-state index contributed by atoms with van der Waals surface area (Å²) in [6.45, 7) is 1.71. The van der Waals surface area contributed by atoms with Gasteiger partial charge in [-0.3, -0.25) is 0 Å². The Hall–Kier alpha value is -2.40. The lowest BCUT2D eigenvalue weighted by Crippen LogP contribution is -2.10. The van der Waals surface area contributed by atoms with Gasteiger partial charge in [-0.05, 0) is 11.6 Å². The van der Waals surface area contributed by atoms with Crippen LogP contribution in [0.4, 0.5) is 5.82 Å². The second-order valence-corrected chi connectivity index (χ2v) is 6.30. The Morgan fingerprint density at radius 1 is 1.40 bits per heavy atom. The highest BCUT2D eigenvalue weighted by molar-refractivity contribution is 7.91. The van der Waals surface area contributed by atoms with Crippen molar-refractivity contribution in [3.05, 3.63) is 35.4 Å². The second-order valence-electron chi connectivity index (χ2n) is 4.11. The number of hydrogen-bond donors (Lipinski definition) is 1. The Morgan fingerprint density at radius 3 is 2.75 bits per heavy atom. The SMILES string of the molecule is CCS(=O)(=O)c1nnn(Cc2ccccc2C#N)c1N. The van der Waals surface area contributed by atoms with Crippen LogP contribution < -0.4 is 5.73 Å². The number of nitrogen functional groups attached to an aromatic ring is 1. The molecule has 0 radical (unpaired) electrons. The van der Waals surface area contributed by atoms with Crippen LogP contribution in [0.25, 0.3) is 0 Å². The van der Waals surface area contributed by atoms with Crippen LogP contribution in [0.3, 0.4) is 0 Å². The van der Waals surface area contributed by atoms with Crippen LogP contribution in [0.15, 0.2) is 29.3 Å². The van der Waals surface area contributed by atoms with E-state index < -0.39 is 9.84 Å². The molecule has 0 saturated heterocycles. The first-order valence-corrected chi connectivity index (χ1v) is 7.54. The van der Waals surface area contributed by atoms with E-state index in [1.165, 1.54) is 11.6 Å². The molecular weight excluding hydrogens is 278 g/mol. The second kappa shape index (κ2) is 5.30. The lowest BCUT2D eigenvalue weighted by Gasteiger charge is -2.05. The van der Waals surface area contributed by atoms with E-state index >= 15 is 0 Å². The van der Waals surface area contributed by atoms with E-state index in [-0.39, 0.29) is 23.1 Å². The van der Waals surface area contributed by atoms with Gasteiger partial charge in [0.05, 0.1) is 23.9 Å². The number of nitriles is 1. The molecule has 0 atom stereocenters. The number of aromatic nitrogens is 3. The maximum Gasteiger partial charge on any atom is 0.220 e. The van der Waals surface area contributed by atoms with Gasteiger partial charge in [0.1, 0.15) is 0 Å². The Labute approximate surface area is 116 Å². The molecule has 0 amide bonds. The molecule has 104 valence electrons. The van der Waals surface area contributed by atoms with Gasteiger partial charge in [0.2, 0.25) is 14.9 Å². The topological polar surface area (TPSA) is 115 Å². The van der Waals surface area contributed by atoms with E-state index in [1.807, 2.05) is 0 Å². The van der Waals surface area contributed by atoms with Crippen molar-refractivity contribution in [2.45, 2.75) is 18.5 Å². The van der Waals surface area contributed by atoms with Crippen LogP contribution in [0.2, 0.25) is 0 Å². The van der Waals surface area contributed by atoms with Gasteiger partial charge >= 0.3 is 0 Å². The molecule has 0 spiro atoms. The summed E-state index contributed by atoms with van der Waals surface area (Å²) >= 11 is 0. The fourth-order valence-electron chi connectivity index (χ4n) is 1.71. The van der Waals surface area contributed by atoms with Crippen molar-refractivity contribution in [3.8, 4) is 6.07 Å². The van der Waals surface area contributed by atoms with Crippen molar-refractivity contribution in [2.24, 2.45) is 0 Å². The molecule has 0 aliphatic rings. The van der Waals surface area contributed by atoms with E-state index in [4.69, 9.17) is 11.0 Å². The number of nitrogens with two attached hydrogens (primary N) is 1. The first-order valence-electron chi connectivity index (χ1n) is 5.89. The Morgan fingerprint density at radius 2 is 2.10 bits per heavy atom. The molecule has 0 fully saturated rings. The van der Waals surface area contributed by atoms with Crippen LogP contribution >= 0.6 is 0 Å². The number of nitrogens with zero attached hydrogens (tertiary/aromatic N) is 4. The lowest BCUT2D eigenvalue weighted by atomic mass is 10.1. The maximum atomic E-state index is 11.8. The fraction of sp³-hybridized carbons (Fsp3) is 0.250. The zero-order valence-corrected chi connectivity index (χ0v) is 11.6. The van der Waals surface area contributed by atoms with Crippen molar-refractivity contribution in [3.63, 3.8) is 0 Å². The highest BCUT2D eigenvalue weighted by Crippen LogP contribution is 2.18. The smallest absolute Gasteiger partial charge is 0.220 e. The van der Waals surface area contributed by atoms with Crippen LogP contribution in [0, 0.1) is 11.3 Å². The molecule has 2 rings (SSSR count). The molecule has 2 N–H and O–H groups in total. The lowest BCUT2D eigenvalue weighted by molar-refractivity contribution is 0.593. The molecule has 0 bridgehead atoms. The zero-order chi connectivity index (χ0) is 14.8. The van der Waals surface area contributed by atoms with Crippen molar-refractivity contribution in [1.29, 1.82) is 5.26 Å². The zero-order valence-electron chi connectivity index (χ0n) is 10.8. The molecular formula is C12H13N5O2S. The Balaban J connectivity index is 2.40. The van der Waals surface area contributed by atoms with Crippen molar-refractivity contribution < 1.29 is 8.42 Å². The van der Waals surface area contributed by atoms with Gasteiger partial charge in [-0.1, -0.05) is 30.3 Å². The van der Waals surface area contributed by atoms with Gasteiger partial charge in [0, 0.05) is 0 Å². The summed E-state index contributed by atoms with van der Waals surface area (Å²) in [4.78, 5) is 0. The highest BCUT2D eigenvalue weighted by Gasteiger charge is 2.22. The van der Waals surface area contributed by atoms with Gasteiger partial charge in [0.25, 0.3) is 0 Å². The van der Waals surface area contributed by atoms with E-state index in [2.05, 4.69) is 16.4 Å². The van der Waals surface area contributed by atoms with E-state index in [9.17, 15) is 8.42 Å². The molecule has 0 unspecified atom stereocenters. The summed E-state index contributed by atoms with van der Waals surface area (Å²) in [5.74, 6) is -0.107. The molecule has 20 heavy (non-hydrogen) atoms. The van der Waals surface area contributed by atoms with E-state index in [0.717, 1.165) is 0 Å². The average Bonchev–Trinajstić information content (AvgIpc) is 2.81. The minimum atomic E-state index is -3.50. The van der Waals surface area contributed by atoms with Crippen LogP contribution in [-0.4, -0.2) is 29.2 Å². The predicted molar refractivity (Wildman–Crippen MR) is 72.4 cm³/mol. The third-order valence-electron chi connectivity index (χ3n) is 2.87. The average molecular weight is 291 g/mol. The molecule has 1 aromatic heterocycles.